The van der Waals surface area contributed by atoms with Crippen LogP contribution in [0.2, 0.25) is 10.0 Å². The second-order valence-electron chi connectivity index (χ2n) is 5.02. The van der Waals surface area contributed by atoms with Crippen molar-refractivity contribution in [1.82, 2.24) is 10.1 Å². The number of benzene rings is 1. The highest BCUT2D eigenvalue weighted by atomic mass is 35.5. The van der Waals surface area contributed by atoms with Crippen LogP contribution in [0.25, 0.3) is 11.3 Å². The summed E-state index contributed by atoms with van der Waals surface area (Å²) in [5, 5.41) is 5.08. The molecule has 1 aromatic carbocycles. The van der Waals surface area contributed by atoms with Crippen molar-refractivity contribution in [2.24, 2.45) is 0 Å². The predicted molar refractivity (Wildman–Crippen MR) is 90.5 cm³/mol. The maximum Gasteiger partial charge on any atom is 0.163 e. The topological polar surface area (TPSA) is 38.5 Å². The number of hydrogen-bond acceptors (Lipinski definition) is 5. The van der Waals surface area contributed by atoms with Gasteiger partial charge in [-0.2, -0.15) is 11.8 Å². The minimum atomic E-state index is 0.415. The number of nitrogens with zero attached hydrogens (tertiary/aromatic N) is 2. The molecule has 0 radical (unpaired) electrons. The van der Waals surface area contributed by atoms with Crippen molar-refractivity contribution in [3.05, 3.63) is 40.1 Å². The molecule has 0 unspecified atom stereocenters. The molecular formula is C15H16Cl2N2O2S. The van der Waals surface area contributed by atoms with Crippen LogP contribution in [-0.2, 0) is 11.3 Å². The zero-order valence-electron chi connectivity index (χ0n) is 11.9. The van der Waals surface area contributed by atoms with Gasteiger partial charge in [0, 0.05) is 36.2 Å². The predicted octanol–water partition coefficient (Wildman–Crippen LogP) is 4.17. The van der Waals surface area contributed by atoms with E-state index < -0.39 is 0 Å². The van der Waals surface area contributed by atoms with Gasteiger partial charge in [-0.15, -0.1) is 0 Å². The molecular weight excluding hydrogens is 343 g/mol. The van der Waals surface area contributed by atoms with Crippen LogP contribution >= 0.6 is 35.0 Å². The molecule has 2 aromatic rings. The van der Waals surface area contributed by atoms with Crippen LogP contribution in [0.4, 0.5) is 0 Å². The number of thioether (sulfide) groups is 1. The van der Waals surface area contributed by atoms with Gasteiger partial charge in [-0.1, -0.05) is 34.4 Å². The van der Waals surface area contributed by atoms with Crippen molar-refractivity contribution in [3.63, 3.8) is 0 Å². The molecule has 1 saturated heterocycles. The fourth-order valence-electron chi connectivity index (χ4n) is 2.18. The third-order valence-corrected chi connectivity index (χ3v) is 5.08. The van der Waals surface area contributed by atoms with Crippen LogP contribution in [0.5, 0.6) is 0 Å². The number of halogens is 2. The summed E-state index contributed by atoms with van der Waals surface area (Å²) in [5.41, 5.74) is 1.60. The number of hydrogen-bond donors (Lipinski definition) is 0. The third kappa shape index (κ3) is 4.18. The van der Waals surface area contributed by atoms with E-state index in [2.05, 4.69) is 10.1 Å². The molecule has 0 amide bonds. The van der Waals surface area contributed by atoms with Crippen LogP contribution in [-0.4, -0.2) is 41.4 Å². The summed E-state index contributed by atoms with van der Waals surface area (Å²) < 4.78 is 11.0. The minimum Gasteiger partial charge on any atom is -0.358 e. The van der Waals surface area contributed by atoms with Crippen molar-refractivity contribution in [3.8, 4) is 11.3 Å². The highest BCUT2D eigenvalue weighted by molar-refractivity contribution is 7.99. The van der Waals surface area contributed by atoms with E-state index >= 15 is 0 Å². The molecule has 22 heavy (non-hydrogen) atoms. The highest BCUT2D eigenvalue weighted by Gasteiger charge is 2.12. The third-order valence-electron chi connectivity index (χ3n) is 3.40. The molecule has 3 rings (SSSR count). The van der Waals surface area contributed by atoms with Gasteiger partial charge in [0.15, 0.2) is 5.76 Å². The van der Waals surface area contributed by atoms with Gasteiger partial charge in [-0.05, 0) is 12.1 Å². The molecule has 1 aliphatic rings. The summed E-state index contributed by atoms with van der Waals surface area (Å²) in [6.45, 7) is 3.20. The second kappa shape index (κ2) is 7.70. The molecule has 118 valence electrons. The second-order valence-corrected chi connectivity index (χ2v) is 7.05. The molecule has 0 saturated carbocycles. The smallest absolute Gasteiger partial charge is 0.163 e. The molecule has 0 atom stereocenters. The zero-order chi connectivity index (χ0) is 15.4. The van der Waals surface area contributed by atoms with Crippen molar-refractivity contribution in [1.29, 1.82) is 0 Å². The van der Waals surface area contributed by atoms with E-state index in [0.717, 1.165) is 24.3 Å². The van der Waals surface area contributed by atoms with Gasteiger partial charge >= 0.3 is 0 Å². The summed E-state index contributed by atoms with van der Waals surface area (Å²) in [6, 6.07) is 7.25. The number of rotatable bonds is 5. The largest absolute Gasteiger partial charge is 0.358 e. The average Bonchev–Trinajstić information content (AvgIpc) is 3.00. The lowest BCUT2D eigenvalue weighted by molar-refractivity contribution is 0.0146. The van der Waals surface area contributed by atoms with Crippen LogP contribution in [0.1, 0.15) is 5.76 Å². The van der Waals surface area contributed by atoms with Gasteiger partial charge in [-0.25, -0.2) is 0 Å². The number of aromatic nitrogens is 1. The Hall–Kier alpha value is -0.720. The molecule has 0 aliphatic carbocycles. The van der Waals surface area contributed by atoms with Gasteiger partial charge in [0.2, 0.25) is 0 Å². The standard InChI is InChI=1S/C15H16Cl2N2O2S/c16-13-2-1-11(7-14(13)17)15-8-12(21-18-15)9-20-10-19-3-5-22-6-4-19/h1-2,7-8H,3-6,9-10H2. The van der Waals surface area contributed by atoms with E-state index in [9.17, 15) is 0 Å². The van der Waals surface area contributed by atoms with E-state index in [4.69, 9.17) is 32.5 Å². The van der Waals surface area contributed by atoms with Gasteiger partial charge in [0.05, 0.1) is 16.8 Å². The fraction of sp³-hybridized carbons (Fsp3) is 0.400. The first-order chi connectivity index (χ1) is 10.7. The Morgan fingerprint density at radius 1 is 1.18 bits per heavy atom. The minimum absolute atomic E-state index is 0.415. The highest BCUT2D eigenvalue weighted by Crippen LogP contribution is 2.28. The Bertz CT molecular complexity index is 630. The molecule has 1 fully saturated rings. The SMILES string of the molecule is Clc1ccc(-c2cc(COCN3CCSCC3)on2)cc1Cl. The maximum absolute atomic E-state index is 6.02. The van der Waals surface area contributed by atoms with Crippen molar-refractivity contribution < 1.29 is 9.26 Å². The Labute approximate surface area is 143 Å². The lowest BCUT2D eigenvalue weighted by Gasteiger charge is -2.25. The molecule has 0 spiro atoms. The quantitative estimate of drug-likeness (QED) is 0.801. The van der Waals surface area contributed by atoms with Gasteiger partial charge < -0.3 is 9.26 Å². The first kappa shape index (κ1) is 16.1. The van der Waals surface area contributed by atoms with E-state index in [-0.39, 0.29) is 0 Å². The van der Waals surface area contributed by atoms with Crippen molar-refractivity contribution in [2.75, 3.05) is 31.3 Å². The molecule has 1 aromatic heterocycles. The van der Waals surface area contributed by atoms with Gasteiger partial charge in [-0.3, -0.25) is 4.90 Å². The average molecular weight is 359 g/mol. The monoisotopic (exact) mass is 358 g/mol. The summed E-state index contributed by atoms with van der Waals surface area (Å²) in [4.78, 5) is 2.30. The molecule has 7 heteroatoms. The van der Waals surface area contributed by atoms with Gasteiger partial charge in [0.25, 0.3) is 0 Å². The Morgan fingerprint density at radius 3 is 2.77 bits per heavy atom. The van der Waals surface area contributed by atoms with E-state index in [1.54, 1.807) is 12.1 Å². The van der Waals surface area contributed by atoms with Crippen LogP contribution < -0.4 is 0 Å². The Balaban J connectivity index is 1.55. The normalized spacial score (nSPS) is 16.1. The van der Waals surface area contributed by atoms with E-state index in [1.165, 1.54) is 11.5 Å². The Morgan fingerprint density at radius 2 is 2.00 bits per heavy atom. The van der Waals surface area contributed by atoms with E-state index in [0.29, 0.717) is 29.1 Å². The first-order valence-corrected chi connectivity index (χ1v) is 8.92. The maximum atomic E-state index is 6.02. The molecule has 1 aliphatic heterocycles. The van der Waals surface area contributed by atoms with Crippen LogP contribution in [0.15, 0.2) is 28.8 Å². The lowest BCUT2D eigenvalue weighted by atomic mass is 10.1. The lowest BCUT2D eigenvalue weighted by Crippen LogP contribution is -2.34. The number of ether oxygens (including phenoxy) is 1. The molecule has 2 heterocycles. The fourth-order valence-corrected chi connectivity index (χ4v) is 3.45. The summed E-state index contributed by atoms with van der Waals surface area (Å²) >= 11 is 13.9. The van der Waals surface area contributed by atoms with Gasteiger partial charge in [0.1, 0.15) is 12.3 Å². The summed E-state index contributed by atoms with van der Waals surface area (Å²) in [7, 11) is 0. The Kier molecular flexibility index (Phi) is 5.66. The molecule has 0 N–H and O–H groups in total. The zero-order valence-corrected chi connectivity index (χ0v) is 14.3. The van der Waals surface area contributed by atoms with Crippen molar-refractivity contribution in [2.45, 2.75) is 6.61 Å². The summed E-state index contributed by atoms with van der Waals surface area (Å²) in [6.07, 6.45) is 0. The first-order valence-electron chi connectivity index (χ1n) is 7.01. The van der Waals surface area contributed by atoms with E-state index in [1.807, 2.05) is 23.9 Å². The van der Waals surface area contributed by atoms with Crippen LogP contribution in [0.3, 0.4) is 0 Å². The summed E-state index contributed by atoms with van der Waals surface area (Å²) in [5.74, 6) is 3.05. The molecule has 4 nitrogen and oxygen atoms in total. The molecule has 0 bridgehead atoms. The van der Waals surface area contributed by atoms with Crippen molar-refractivity contribution >= 4 is 35.0 Å². The van der Waals surface area contributed by atoms with Crippen LogP contribution in [0, 0.1) is 0 Å².